The smallest absolute Gasteiger partial charge is 0.248 e. The third-order valence-electron chi connectivity index (χ3n) is 3.32. The second-order valence-electron chi connectivity index (χ2n) is 4.92. The van der Waals surface area contributed by atoms with Gasteiger partial charge < -0.3 is 5.32 Å². The van der Waals surface area contributed by atoms with E-state index >= 15 is 0 Å². The number of carbonyl (C=O) groups excluding carboxylic acids is 1. The average Bonchev–Trinajstić information content (AvgIpc) is 3.19. The highest BCUT2D eigenvalue weighted by Gasteiger charge is 2.36. The lowest BCUT2D eigenvalue weighted by atomic mass is 10.1. The lowest BCUT2D eigenvalue weighted by molar-refractivity contribution is -0.112. The molecule has 1 amide bonds. The number of carbonyl (C=O) groups is 1. The molecule has 17 heavy (non-hydrogen) atoms. The van der Waals surface area contributed by atoms with Gasteiger partial charge in [-0.15, -0.1) is 0 Å². The van der Waals surface area contributed by atoms with Gasteiger partial charge in [-0.05, 0) is 49.7 Å². The predicted molar refractivity (Wildman–Crippen MR) is 66.4 cm³/mol. The van der Waals surface area contributed by atoms with Crippen LogP contribution in [0.3, 0.4) is 0 Å². The van der Waals surface area contributed by atoms with E-state index in [1.165, 1.54) is 31.3 Å². The Balaban J connectivity index is 1.67. The highest BCUT2D eigenvalue weighted by Crippen LogP contribution is 2.48. The molecular weight excluding hydrogens is 212 g/mol. The Labute approximate surface area is 101 Å². The summed E-state index contributed by atoms with van der Waals surface area (Å²) < 4.78 is 0. The van der Waals surface area contributed by atoms with Crippen molar-refractivity contribution in [3.8, 4) is 0 Å². The summed E-state index contributed by atoms with van der Waals surface area (Å²) in [6, 6.07) is 3.68. The van der Waals surface area contributed by atoms with Crippen molar-refractivity contribution in [2.24, 2.45) is 11.8 Å². The Kier molecular flexibility index (Phi) is 2.67. The first-order chi connectivity index (χ1) is 8.33. The zero-order chi connectivity index (χ0) is 11.7. The minimum absolute atomic E-state index is 0.00759. The van der Waals surface area contributed by atoms with Gasteiger partial charge in [0.2, 0.25) is 5.91 Å². The molecule has 2 aliphatic carbocycles. The number of anilines is 1. The Bertz CT molecular complexity index is 431. The van der Waals surface area contributed by atoms with Gasteiger partial charge in [-0.2, -0.15) is 0 Å². The van der Waals surface area contributed by atoms with E-state index in [1.807, 2.05) is 18.2 Å². The van der Waals surface area contributed by atoms with E-state index in [1.54, 1.807) is 12.4 Å². The summed E-state index contributed by atoms with van der Waals surface area (Å²) in [6.45, 7) is 0. The molecule has 0 radical (unpaired) electrons. The summed E-state index contributed by atoms with van der Waals surface area (Å²) in [5, 5.41) is 2.86. The number of nitrogens with zero attached hydrogens (tertiary/aromatic N) is 1. The van der Waals surface area contributed by atoms with Gasteiger partial charge in [0.15, 0.2) is 0 Å². The molecule has 2 fully saturated rings. The molecule has 3 rings (SSSR count). The van der Waals surface area contributed by atoms with Crippen LogP contribution in [0.1, 0.15) is 25.7 Å². The van der Waals surface area contributed by atoms with Crippen molar-refractivity contribution >= 4 is 11.6 Å². The molecule has 88 valence electrons. The van der Waals surface area contributed by atoms with Crippen molar-refractivity contribution in [3.05, 3.63) is 36.2 Å². The van der Waals surface area contributed by atoms with Crippen molar-refractivity contribution in [2.45, 2.75) is 25.7 Å². The first-order valence-electron chi connectivity index (χ1n) is 6.25. The van der Waals surface area contributed by atoms with Gasteiger partial charge in [0.25, 0.3) is 0 Å². The number of hydrogen-bond donors (Lipinski definition) is 1. The van der Waals surface area contributed by atoms with Gasteiger partial charge in [0.05, 0.1) is 11.9 Å². The quantitative estimate of drug-likeness (QED) is 0.805. The molecule has 1 aromatic heterocycles. The van der Waals surface area contributed by atoms with Gasteiger partial charge in [0, 0.05) is 12.3 Å². The maximum atomic E-state index is 11.9. The van der Waals surface area contributed by atoms with Crippen LogP contribution < -0.4 is 5.32 Å². The molecule has 0 saturated heterocycles. The van der Waals surface area contributed by atoms with E-state index in [-0.39, 0.29) is 5.91 Å². The van der Waals surface area contributed by atoms with E-state index < -0.39 is 0 Å². The topological polar surface area (TPSA) is 42.0 Å². The van der Waals surface area contributed by atoms with E-state index in [4.69, 9.17) is 0 Å². The Morgan fingerprint density at radius 1 is 1.29 bits per heavy atom. The van der Waals surface area contributed by atoms with Crippen LogP contribution >= 0.6 is 0 Å². The average molecular weight is 228 g/mol. The van der Waals surface area contributed by atoms with Gasteiger partial charge >= 0.3 is 0 Å². The second kappa shape index (κ2) is 4.32. The lowest BCUT2D eigenvalue weighted by Gasteiger charge is -2.05. The number of hydrogen-bond acceptors (Lipinski definition) is 2. The number of pyridine rings is 1. The van der Waals surface area contributed by atoms with E-state index in [0.29, 0.717) is 11.8 Å². The lowest BCUT2D eigenvalue weighted by Crippen LogP contribution is -2.10. The first kappa shape index (κ1) is 10.5. The fourth-order valence-electron chi connectivity index (χ4n) is 2.17. The second-order valence-corrected chi connectivity index (χ2v) is 4.92. The first-order valence-corrected chi connectivity index (χ1v) is 6.25. The summed E-state index contributed by atoms with van der Waals surface area (Å²) in [7, 11) is 0. The fraction of sp³-hybridized carbons (Fsp3) is 0.429. The number of nitrogens with one attached hydrogen (secondary N) is 1. The monoisotopic (exact) mass is 228 g/mol. The van der Waals surface area contributed by atoms with Crippen LogP contribution in [0.2, 0.25) is 0 Å². The maximum absolute atomic E-state index is 11.9. The van der Waals surface area contributed by atoms with E-state index in [9.17, 15) is 4.79 Å². The largest absolute Gasteiger partial charge is 0.321 e. The maximum Gasteiger partial charge on any atom is 0.248 e. The number of amides is 1. The predicted octanol–water partition coefficient (Wildman–Crippen LogP) is 2.77. The number of aromatic nitrogens is 1. The van der Waals surface area contributed by atoms with Crippen LogP contribution in [0.5, 0.6) is 0 Å². The molecule has 1 aromatic rings. The van der Waals surface area contributed by atoms with Gasteiger partial charge in [0.1, 0.15) is 0 Å². The summed E-state index contributed by atoms with van der Waals surface area (Å²) in [5.41, 5.74) is 2.14. The van der Waals surface area contributed by atoms with Crippen LogP contribution in [0.15, 0.2) is 36.2 Å². The molecule has 0 atom stereocenters. The van der Waals surface area contributed by atoms with Gasteiger partial charge in [-0.25, -0.2) is 0 Å². The summed E-state index contributed by atoms with van der Waals surface area (Å²) in [4.78, 5) is 15.8. The van der Waals surface area contributed by atoms with Crippen molar-refractivity contribution in [1.82, 2.24) is 4.98 Å². The van der Waals surface area contributed by atoms with Crippen molar-refractivity contribution < 1.29 is 4.79 Å². The molecule has 0 bridgehead atoms. The van der Waals surface area contributed by atoms with Crippen LogP contribution in [0.4, 0.5) is 5.69 Å². The van der Waals surface area contributed by atoms with Crippen molar-refractivity contribution in [3.63, 3.8) is 0 Å². The molecule has 0 unspecified atom stereocenters. The molecule has 0 spiro atoms. The van der Waals surface area contributed by atoms with Crippen LogP contribution in [0.25, 0.3) is 0 Å². The normalized spacial score (nSPS) is 18.6. The Morgan fingerprint density at radius 3 is 2.53 bits per heavy atom. The molecule has 1 N–H and O–H groups in total. The zero-order valence-corrected chi connectivity index (χ0v) is 9.73. The van der Waals surface area contributed by atoms with Crippen LogP contribution in [-0.2, 0) is 4.79 Å². The van der Waals surface area contributed by atoms with Crippen molar-refractivity contribution in [1.29, 1.82) is 0 Å². The minimum Gasteiger partial charge on any atom is -0.321 e. The minimum atomic E-state index is -0.00759. The standard InChI is InChI=1S/C14H16N2O/c17-14(16-12-2-1-7-15-9-12)8-13(10-3-4-10)11-5-6-11/h1-2,7-11H,3-6H2,(H,16,17). The van der Waals surface area contributed by atoms with Crippen molar-refractivity contribution in [2.75, 3.05) is 5.32 Å². The zero-order valence-electron chi connectivity index (χ0n) is 9.73. The highest BCUT2D eigenvalue weighted by molar-refractivity contribution is 5.99. The Morgan fingerprint density at radius 2 is 2.00 bits per heavy atom. The molecular formula is C14H16N2O. The fourth-order valence-corrected chi connectivity index (χ4v) is 2.17. The molecule has 0 aromatic carbocycles. The summed E-state index contributed by atoms with van der Waals surface area (Å²) in [6.07, 6.45) is 10.3. The third-order valence-corrected chi connectivity index (χ3v) is 3.32. The molecule has 3 nitrogen and oxygen atoms in total. The van der Waals surface area contributed by atoms with Gasteiger partial charge in [-0.3, -0.25) is 9.78 Å². The number of allylic oxidation sites excluding steroid dienone is 1. The molecule has 2 aliphatic rings. The van der Waals surface area contributed by atoms with E-state index in [0.717, 1.165) is 5.69 Å². The van der Waals surface area contributed by atoms with E-state index in [2.05, 4.69) is 10.3 Å². The number of rotatable bonds is 4. The Hall–Kier alpha value is -1.64. The van der Waals surface area contributed by atoms with Crippen LogP contribution in [0, 0.1) is 11.8 Å². The molecule has 3 heteroatoms. The molecule has 1 heterocycles. The third kappa shape index (κ3) is 2.73. The van der Waals surface area contributed by atoms with Gasteiger partial charge in [-0.1, -0.05) is 5.57 Å². The molecule has 2 saturated carbocycles. The highest BCUT2D eigenvalue weighted by atomic mass is 16.1. The SMILES string of the molecule is O=C(C=C(C1CC1)C1CC1)Nc1cccnc1. The van der Waals surface area contributed by atoms with Crippen LogP contribution in [-0.4, -0.2) is 10.9 Å². The summed E-state index contributed by atoms with van der Waals surface area (Å²) >= 11 is 0. The molecule has 0 aliphatic heterocycles. The summed E-state index contributed by atoms with van der Waals surface area (Å²) in [5.74, 6) is 1.39.